The summed E-state index contributed by atoms with van der Waals surface area (Å²) in [7, 11) is 0. The lowest BCUT2D eigenvalue weighted by molar-refractivity contribution is -0.131. The zero-order valence-corrected chi connectivity index (χ0v) is 12.5. The van der Waals surface area contributed by atoms with Gasteiger partial charge in [0.15, 0.2) is 0 Å². The molecule has 0 saturated heterocycles. The molecule has 0 aliphatic heterocycles. The van der Waals surface area contributed by atoms with Gasteiger partial charge in [0.25, 0.3) is 0 Å². The maximum absolute atomic E-state index is 11.1. The molecule has 0 radical (unpaired) electrons. The number of hydrogen-bond acceptors (Lipinski definition) is 3. The molecule has 0 aliphatic carbocycles. The van der Waals surface area contributed by atoms with Crippen molar-refractivity contribution < 1.29 is 14.6 Å². The zero-order valence-electron chi connectivity index (χ0n) is 12.5. The molecule has 0 bridgehead atoms. The average molecular weight is 264 g/mol. The minimum absolute atomic E-state index is 0.235. The Morgan fingerprint density at radius 2 is 1.58 bits per heavy atom. The number of carbonyl (C=O) groups excluding carboxylic acids is 1. The van der Waals surface area contributed by atoms with E-state index in [1.54, 1.807) is 12.1 Å². The summed E-state index contributed by atoms with van der Waals surface area (Å²) in [5, 5.41) is 10.4. The molecule has 0 aromatic heterocycles. The third kappa shape index (κ3) is 3.72. The molecule has 0 saturated carbocycles. The number of benzene rings is 1. The van der Waals surface area contributed by atoms with Crippen LogP contribution < -0.4 is 4.74 Å². The van der Waals surface area contributed by atoms with Gasteiger partial charge in [0.2, 0.25) is 0 Å². The van der Waals surface area contributed by atoms with E-state index in [9.17, 15) is 9.90 Å². The number of carbonyl (C=O) groups is 1. The molecule has 3 nitrogen and oxygen atoms in total. The predicted octanol–water partition coefficient (Wildman–Crippen LogP) is 4.34. The molecule has 0 aliphatic rings. The molecule has 1 rings (SSSR count). The molecule has 19 heavy (non-hydrogen) atoms. The van der Waals surface area contributed by atoms with Crippen molar-refractivity contribution in [1.29, 1.82) is 0 Å². The summed E-state index contributed by atoms with van der Waals surface area (Å²) in [6, 6.07) is 3.55. The molecule has 3 heteroatoms. The fourth-order valence-electron chi connectivity index (χ4n) is 2.07. The van der Waals surface area contributed by atoms with Crippen LogP contribution >= 0.6 is 0 Å². The smallest absolute Gasteiger partial charge is 0.308 e. The normalized spacial score (nSPS) is 13.9. The van der Waals surface area contributed by atoms with Crippen molar-refractivity contribution in [2.45, 2.75) is 59.3 Å². The first kappa shape index (κ1) is 15.5. The molecule has 0 amide bonds. The van der Waals surface area contributed by atoms with E-state index in [0.717, 1.165) is 24.0 Å². The minimum Gasteiger partial charge on any atom is -0.507 e. The maximum atomic E-state index is 11.1. The monoisotopic (exact) mass is 264 g/mol. The molecular formula is C16H24O3. The second-order valence-corrected chi connectivity index (χ2v) is 5.16. The van der Waals surface area contributed by atoms with Crippen LogP contribution in [0.3, 0.4) is 0 Å². The largest absolute Gasteiger partial charge is 0.507 e. The molecular weight excluding hydrogens is 240 g/mol. The standard InChI is InChI=1S/C16H24O3/c1-6-10(3)14-8-13(19-12(5)17)9-15(16(14)18)11(4)7-2/h8-11,18H,6-7H2,1-5H3. The molecule has 1 aromatic carbocycles. The molecule has 1 aromatic rings. The SMILES string of the molecule is CCC(C)c1cc(OC(C)=O)cc(C(C)CC)c1O. The number of rotatable bonds is 5. The number of phenols is 1. The predicted molar refractivity (Wildman–Crippen MR) is 76.8 cm³/mol. The van der Waals surface area contributed by atoms with E-state index < -0.39 is 0 Å². The Labute approximate surface area is 115 Å². The summed E-state index contributed by atoms with van der Waals surface area (Å²) in [5.74, 6) is 1.00. The fourth-order valence-corrected chi connectivity index (χ4v) is 2.07. The van der Waals surface area contributed by atoms with Gasteiger partial charge in [-0.3, -0.25) is 4.79 Å². The molecule has 1 N–H and O–H groups in total. The van der Waals surface area contributed by atoms with Crippen molar-refractivity contribution in [3.8, 4) is 11.5 Å². The number of ether oxygens (including phenoxy) is 1. The van der Waals surface area contributed by atoms with E-state index >= 15 is 0 Å². The highest BCUT2D eigenvalue weighted by molar-refractivity contribution is 5.69. The summed E-state index contributed by atoms with van der Waals surface area (Å²) in [4.78, 5) is 11.1. The summed E-state index contributed by atoms with van der Waals surface area (Å²) >= 11 is 0. The van der Waals surface area contributed by atoms with Crippen molar-refractivity contribution in [2.24, 2.45) is 0 Å². The Morgan fingerprint density at radius 1 is 1.16 bits per heavy atom. The van der Waals surface area contributed by atoms with Gasteiger partial charge in [-0.2, -0.15) is 0 Å². The molecule has 0 heterocycles. The first-order valence-corrected chi connectivity index (χ1v) is 6.95. The summed E-state index contributed by atoms with van der Waals surface area (Å²) in [5.41, 5.74) is 1.72. The van der Waals surface area contributed by atoms with Crippen LogP contribution in [0, 0.1) is 0 Å². The van der Waals surface area contributed by atoms with Crippen LogP contribution in [0.2, 0.25) is 0 Å². The lowest BCUT2D eigenvalue weighted by Crippen LogP contribution is -2.05. The highest BCUT2D eigenvalue weighted by atomic mass is 16.5. The zero-order chi connectivity index (χ0) is 14.6. The summed E-state index contributed by atoms with van der Waals surface area (Å²) in [6.45, 7) is 9.66. The van der Waals surface area contributed by atoms with E-state index in [1.807, 2.05) is 0 Å². The van der Waals surface area contributed by atoms with Crippen LogP contribution in [0.25, 0.3) is 0 Å². The Balaban J connectivity index is 3.33. The second-order valence-electron chi connectivity index (χ2n) is 5.16. The Kier molecular flexibility index (Phi) is 5.40. The van der Waals surface area contributed by atoms with Crippen LogP contribution in [0.15, 0.2) is 12.1 Å². The van der Waals surface area contributed by atoms with E-state index in [-0.39, 0.29) is 17.8 Å². The number of aromatic hydroxyl groups is 1. The highest BCUT2D eigenvalue weighted by Gasteiger charge is 2.18. The Bertz CT molecular complexity index is 420. The van der Waals surface area contributed by atoms with Gasteiger partial charge in [0.05, 0.1) is 0 Å². The topological polar surface area (TPSA) is 46.5 Å². The lowest BCUT2D eigenvalue weighted by Gasteiger charge is -2.19. The summed E-state index contributed by atoms with van der Waals surface area (Å²) in [6.07, 6.45) is 1.86. The quantitative estimate of drug-likeness (QED) is 0.635. The van der Waals surface area contributed by atoms with Gasteiger partial charge in [0, 0.05) is 18.1 Å². The number of esters is 1. The average Bonchev–Trinajstić information content (AvgIpc) is 2.38. The van der Waals surface area contributed by atoms with Crippen LogP contribution in [0.1, 0.15) is 70.4 Å². The van der Waals surface area contributed by atoms with Crippen molar-refractivity contribution in [3.63, 3.8) is 0 Å². The van der Waals surface area contributed by atoms with Gasteiger partial charge in [-0.05, 0) is 36.8 Å². The first-order valence-electron chi connectivity index (χ1n) is 6.95. The summed E-state index contributed by atoms with van der Waals surface area (Å²) < 4.78 is 5.19. The van der Waals surface area contributed by atoms with Gasteiger partial charge in [0.1, 0.15) is 11.5 Å². The second kappa shape index (κ2) is 6.60. The van der Waals surface area contributed by atoms with Gasteiger partial charge in [-0.25, -0.2) is 0 Å². The van der Waals surface area contributed by atoms with Gasteiger partial charge < -0.3 is 9.84 Å². The van der Waals surface area contributed by atoms with E-state index in [1.165, 1.54) is 6.92 Å². The third-order valence-electron chi connectivity index (χ3n) is 3.69. The van der Waals surface area contributed by atoms with E-state index in [2.05, 4.69) is 27.7 Å². The highest BCUT2D eigenvalue weighted by Crippen LogP contribution is 2.39. The Morgan fingerprint density at radius 3 is 1.89 bits per heavy atom. The van der Waals surface area contributed by atoms with E-state index in [4.69, 9.17) is 4.74 Å². The van der Waals surface area contributed by atoms with E-state index in [0.29, 0.717) is 11.5 Å². The maximum Gasteiger partial charge on any atom is 0.308 e. The first-order chi connectivity index (χ1) is 8.90. The Hall–Kier alpha value is -1.51. The van der Waals surface area contributed by atoms with Crippen LogP contribution in [-0.4, -0.2) is 11.1 Å². The lowest BCUT2D eigenvalue weighted by atomic mass is 9.90. The van der Waals surface area contributed by atoms with Crippen molar-refractivity contribution in [1.82, 2.24) is 0 Å². The van der Waals surface area contributed by atoms with Gasteiger partial charge in [-0.1, -0.05) is 27.7 Å². The molecule has 106 valence electrons. The number of hydrogen-bond donors (Lipinski definition) is 1. The molecule has 2 unspecified atom stereocenters. The van der Waals surface area contributed by atoms with Crippen molar-refractivity contribution in [3.05, 3.63) is 23.3 Å². The van der Waals surface area contributed by atoms with Gasteiger partial charge in [-0.15, -0.1) is 0 Å². The minimum atomic E-state index is -0.337. The number of phenolic OH excluding ortho intramolecular Hbond substituents is 1. The van der Waals surface area contributed by atoms with Crippen molar-refractivity contribution >= 4 is 5.97 Å². The molecule has 0 spiro atoms. The van der Waals surface area contributed by atoms with Crippen LogP contribution in [-0.2, 0) is 4.79 Å². The molecule has 0 fully saturated rings. The van der Waals surface area contributed by atoms with Crippen LogP contribution in [0.4, 0.5) is 0 Å². The third-order valence-corrected chi connectivity index (χ3v) is 3.69. The van der Waals surface area contributed by atoms with Crippen LogP contribution in [0.5, 0.6) is 11.5 Å². The molecule has 2 atom stereocenters. The fraction of sp³-hybridized carbons (Fsp3) is 0.562. The van der Waals surface area contributed by atoms with Crippen molar-refractivity contribution in [2.75, 3.05) is 0 Å². The van der Waals surface area contributed by atoms with Gasteiger partial charge >= 0.3 is 5.97 Å².